The minimum absolute atomic E-state index is 0.0828. The smallest absolute Gasteiger partial charge is 0.407 e. The SMILES string of the molecule is CCC(C)C(NC(=O)OCC1c2ccccc2-c2ccccc21)C(=O)N1NC(=O)CC1C(=O)O. The van der Waals surface area contributed by atoms with Crippen molar-refractivity contribution in [3.63, 3.8) is 0 Å². The van der Waals surface area contributed by atoms with E-state index in [1.165, 1.54) is 0 Å². The Bertz CT molecular complexity index is 1090. The van der Waals surface area contributed by atoms with Crippen LogP contribution in [-0.2, 0) is 19.1 Å². The number of hydrazine groups is 1. The first-order chi connectivity index (χ1) is 16.3. The number of ether oxygens (including phenoxy) is 1. The maximum atomic E-state index is 13.1. The molecular weight excluding hydrogens is 438 g/mol. The van der Waals surface area contributed by atoms with Crippen LogP contribution in [0.4, 0.5) is 4.79 Å². The number of carboxylic acids is 1. The van der Waals surface area contributed by atoms with Crippen LogP contribution in [0.2, 0.25) is 0 Å². The summed E-state index contributed by atoms with van der Waals surface area (Å²) in [5, 5.41) is 12.8. The van der Waals surface area contributed by atoms with E-state index in [4.69, 9.17) is 4.74 Å². The lowest BCUT2D eigenvalue weighted by Gasteiger charge is -2.29. The van der Waals surface area contributed by atoms with E-state index in [0.29, 0.717) is 6.42 Å². The zero-order chi connectivity index (χ0) is 24.4. The quantitative estimate of drug-likeness (QED) is 0.577. The van der Waals surface area contributed by atoms with E-state index < -0.39 is 36.0 Å². The number of nitrogens with zero attached hydrogens (tertiary/aromatic N) is 1. The number of aliphatic carboxylic acids is 1. The van der Waals surface area contributed by atoms with Crippen molar-refractivity contribution in [1.29, 1.82) is 0 Å². The van der Waals surface area contributed by atoms with Crippen LogP contribution in [0, 0.1) is 5.92 Å². The van der Waals surface area contributed by atoms with Gasteiger partial charge in [0, 0.05) is 5.92 Å². The summed E-state index contributed by atoms with van der Waals surface area (Å²) in [5.74, 6) is -3.01. The molecule has 1 saturated heterocycles. The number of carbonyl (C=O) groups is 4. The summed E-state index contributed by atoms with van der Waals surface area (Å²) >= 11 is 0. The lowest BCUT2D eigenvalue weighted by molar-refractivity contribution is -0.152. The molecule has 0 saturated carbocycles. The van der Waals surface area contributed by atoms with Crippen molar-refractivity contribution in [3.8, 4) is 11.1 Å². The van der Waals surface area contributed by atoms with Gasteiger partial charge in [-0.3, -0.25) is 15.0 Å². The third kappa shape index (κ3) is 4.33. The summed E-state index contributed by atoms with van der Waals surface area (Å²) < 4.78 is 5.55. The average molecular weight is 466 g/mol. The normalized spacial score (nSPS) is 18.5. The molecule has 1 heterocycles. The highest BCUT2D eigenvalue weighted by Crippen LogP contribution is 2.44. The number of carbonyl (C=O) groups excluding carboxylic acids is 3. The Morgan fingerprint density at radius 3 is 2.26 bits per heavy atom. The van der Waals surface area contributed by atoms with Gasteiger partial charge in [0.15, 0.2) is 6.04 Å². The van der Waals surface area contributed by atoms with Gasteiger partial charge in [0.2, 0.25) is 5.91 Å². The molecule has 1 fully saturated rings. The third-order valence-corrected chi connectivity index (χ3v) is 6.55. The molecule has 0 aromatic heterocycles. The van der Waals surface area contributed by atoms with Crippen molar-refractivity contribution in [2.75, 3.05) is 6.61 Å². The number of hydrogen-bond acceptors (Lipinski definition) is 5. The van der Waals surface area contributed by atoms with Gasteiger partial charge in [0.1, 0.15) is 12.6 Å². The van der Waals surface area contributed by atoms with Crippen molar-refractivity contribution in [1.82, 2.24) is 15.8 Å². The second-order valence-electron chi connectivity index (χ2n) is 8.63. The summed E-state index contributed by atoms with van der Waals surface area (Å²) in [7, 11) is 0. The Morgan fingerprint density at radius 1 is 1.12 bits per heavy atom. The van der Waals surface area contributed by atoms with E-state index in [-0.39, 0.29) is 24.9 Å². The number of nitrogens with one attached hydrogen (secondary N) is 2. The molecule has 1 aliphatic heterocycles. The van der Waals surface area contributed by atoms with Gasteiger partial charge in [0.25, 0.3) is 5.91 Å². The Labute approximate surface area is 197 Å². The summed E-state index contributed by atoms with van der Waals surface area (Å²) in [5.41, 5.74) is 6.62. The van der Waals surface area contributed by atoms with Crippen molar-refractivity contribution in [2.45, 2.75) is 44.7 Å². The molecule has 3 N–H and O–H groups in total. The number of hydrogen-bond donors (Lipinski definition) is 3. The summed E-state index contributed by atoms with van der Waals surface area (Å²) in [6, 6.07) is 13.5. The lowest BCUT2D eigenvalue weighted by atomic mass is 9.97. The maximum absolute atomic E-state index is 13.1. The monoisotopic (exact) mass is 465 g/mol. The lowest BCUT2D eigenvalue weighted by Crippen LogP contribution is -2.57. The summed E-state index contributed by atoms with van der Waals surface area (Å²) in [6.45, 7) is 3.70. The molecule has 9 heteroatoms. The van der Waals surface area contributed by atoms with Gasteiger partial charge >= 0.3 is 12.1 Å². The molecule has 178 valence electrons. The Hall–Kier alpha value is -3.88. The highest BCUT2D eigenvalue weighted by molar-refractivity contribution is 5.96. The zero-order valence-corrected chi connectivity index (χ0v) is 19.0. The van der Waals surface area contributed by atoms with Crippen LogP contribution in [0.15, 0.2) is 48.5 Å². The van der Waals surface area contributed by atoms with E-state index in [0.717, 1.165) is 27.3 Å². The molecule has 0 radical (unpaired) electrons. The van der Waals surface area contributed by atoms with Gasteiger partial charge in [-0.2, -0.15) is 0 Å². The van der Waals surface area contributed by atoms with Crippen LogP contribution < -0.4 is 10.7 Å². The Balaban J connectivity index is 1.47. The second-order valence-corrected chi connectivity index (χ2v) is 8.63. The van der Waals surface area contributed by atoms with Crippen molar-refractivity contribution in [2.24, 2.45) is 5.92 Å². The number of rotatable bonds is 7. The molecule has 3 unspecified atom stereocenters. The molecule has 2 aromatic rings. The molecule has 34 heavy (non-hydrogen) atoms. The van der Waals surface area contributed by atoms with E-state index in [1.807, 2.05) is 55.5 Å². The van der Waals surface area contributed by atoms with Gasteiger partial charge in [-0.1, -0.05) is 68.8 Å². The Kier molecular flexibility index (Phi) is 6.54. The minimum Gasteiger partial charge on any atom is -0.480 e. The highest BCUT2D eigenvalue weighted by Gasteiger charge is 2.43. The van der Waals surface area contributed by atoms with Crippen molar-refractivity contribution < 1.29 is 29.0 Å². The van der Waals surface area contributed by atoms with Crippen LogP contribution >= 0.6 is 0 Å². The van der Waals surface area contributed by atoms with Gasteiger partial charge < -0.3 is 15.2 Å². The molecular formula is C25H27N3O6. The first kappa shape index (κ1) is 23.3. The van der Waals surface area contributed by atoms with E-state index >= 15 is 0 Å². The molecule has 3 amide bonds. The molecule has 0 bridgehead atoms. The number of carboxylic acid groups (broad SMARTS) is 1. The number of amides is 3. The summed E-state index contributed by atoms with van der Waals surface area (Å²) in [4.78, 5) is 49.1. The summed E-state index contributed by atoms with van der Waals surface area (Å²) in [6.07, 6.45) is -0.573. The number of fused-ring (bicyclic) bond motifs is 3. The third-order valence-electron chi connectivity index (χ3n) is 6.55. The fourth-order valence-corrected chi connectivity index (χ4v) is 4.53. The topological polar surface area (TPSA) is 125 Å². The second kappa shape index (κ2) is 9.54. The predicted octanol–water partition coefficient (Wildman–Crippen LogP) is 2.66. The maximum Gasteiger partial charge on any atom is 0.407 e. The highest BCUT2D eigenvalue weighted by atomic mass is 16.5. The number of alkyl carbamates (subject to hydrolysis) is 1. The van der Waals surface area contributed by atoms with Gasteiger partial charge in [-0.25, -0.2) is 14.6 Å². The van der Waals surface area contributed by atoms with Crippen LogP contribution in [0.25, 0.3) is 11.1 Å². The molecule has 4 rings (SSSR count). The largest absolute Gasteiger partial charge is 0.480 e. The molecule has 1 aliphatic carbocycles. The van der Waals surface area contributed by atoms with E-state index in [2.05, 4.69) is 10.7 Å². The van der Waals surface area contributed by atoms with Crippen molar-refractivity contribution in [3.05, 3.63) is 59.7 Å². The molecule has 2 aromatic carbocycles. The average Bonchev–Trinajstić information content (AvgIpc) is 3.38. The fourth-order valence-electron chi connectivity index (χ4n) is 4.53. The zero-order valence-electron chi connectivity index (χ0n) is 19.0. The van der Waals surface area contributed by atoms with Gasteiger partial charge in [-0.15, -0.1) is 0 Å². The van der Waals surface area contributed by atoms with Crippen molar-refractivity contribution >= 4 is 23.9 Å². The number of benzene rings is 2. The standard InChI is InChI=1S/C25H27N3O6/c1-3-14(2)22(23(30)28-20(24(31)32)12-21(29)27-28)26-25(33)34-13-19-17-10-6-4-8-15(17)16-9-5-7-11-18(16)19/h4-11,14,19-20,22H,3,12-13H2,1-2H3,(H,26,33)(H,27,29)(H,31,32). The van der Waals surface area contributed by atoms with E-state index in [9.17, 15) is 24.3 Å². The predicted molar refractivity (Wildman–Crippen MR) is 122 cm³/mol. The van der Waals surface area contributed by atoms with Crippen LogP contribution in [0.1, 0.15) is 43.7 Å². The molecule has 3 atom stereocenters. The van der Waals surface area contributed by atoms with Crippen LogP contribution in [-0.4, -0.2) is 52.7 Å². The molecule has 0 spiro atoms. The van der Waals surface area contributed by atoms with Crippen LogP contribution in [0.5, 0.6) is 0 Å². The first-order valence-electron chi connectivity index (χ1n) is 11.3. The van der Waals surface area contributed by atoms with Crippen LogP contribution in [0.3, 0.4) is 0 Å². The first-order valence-corrected chi connectivity index (χ1v) is 11.3. The fraction of sp³-hybridized carbons (Fsp3) is 0.360. The minimum atomic E-state index is -1.32. The molecule has 2 aliphatic rings. The van der Waals surface area contributed by atoms with E-state index in [1.54, 1.807) is 6.92 Å². The van der Waals surface area contributed by atoms with Gasteiger partial charge in [0.05, 0.1) is 6.42 Å². The van der Waals surface area contributed by atoms with Gasteiger partial charge in [-0.05, 0) is 28.2 Å². The Morgan fingerprint density at radius 2 is 1.71 bits per heavy atom. The molecule has 9 nitrogen and oxygen atoms in total.